The molecule has 0 saturated heterocycles. The molecule has 0 aliphatic rings. The molecule has 1 aromatic heterocycles. The zero-order valence-electron chi connectivity index (χ0n) is 9.84. The molecule has 0 bridgehead atoms. The van der Waals surface area contributed by atoms with E-state index >= 15 is 0 Å². The second-order valence-electron chi connectivity index (χ2n) is 3.67. The number of anilines is 2. The lowest BCUT2D eigenvalue weighted by atomic mass is 10.2. The molecule has 0 radical (unpaired) electrons. The van der Waals surface area contributed by atoms with Crippen molar-refractivity contribution in [2.45, 2.75) is 11.1 Å². The minimum absolute atomic E-state index is 0.0266. The van der Waals surface area contributed by atoms with E-state index in [0.29, 0.717) is 10.9 Å². The summed E-state index contributed by atoms with van der Waals surface area (Å²) in [6, 6.07) is 7.70. The minimum Gasteiger partial charge on any atom is -0.375 e. The first-order valence-electron chi connectivity index (χ1n) is 5.35. The summed E-state index contributed by atoms with van der Waals surface area (Å²) < 4.78 is 0.951. The molecule has 0 fully saturated rings. The largest absolute Gasteiger partial charge is 0.375 e. The summed E-state index contributed by atoms with van der Waals surface area (Å²) in [6.45, 7) is 1.96. The maximum atomic E-state index is 11.8. The Labute approximate surface area is 114 Å². The van der Waals surface area contributed by atoms with Crippen LogP contribution < -0.4 is 11.1 Å². The van der Waals surface area contributed by atoms with E-state index in [1.807, 2.05) is 31.2 Å². The normalized spacial score (nSPS) is 10.3. The number of thiazole rings is 1. The third kappa shape index (κ3) is 3.48. The fraction of sp³-hybridized carbons (Fsp3) is 0.167. The van der Waals surface area contributed by atoms with Crippen LogP contribution in [0.3, 0.4) is 0 Å². The number of nitrogen functional groups attached to an aromatic ring is 1. The topological polar surface area (TPSA) is 68.0 Å². The van der Waals surface area contributed by atoms with Crippen LogP contribution >= 0.6 is 23.1 Å². The highest BCUT2D eigenvalue weighted by Gasteiger charge is 2.06. The van der Waals surface area contributed by atoms with Gasteiger partial charge in [0.05, 0.1) is 16.2 Å². The summed E-state index contributed by atoms with van der Waals surface area (Å²) in [6.07, 6.45) is 1.69. The molecule has 0 unspecified atom stereocenters. The molecule has 2 aromatic rings. The first kappa shape index (κ1) is 12.9. The molecule has 0 atom stereocenters. The number of thioether (sulfide) groups is 1. The maximum absolute atomic E-state index is 11.8. The second-order valence-corrected chi connectivity index (χ2v) is 6.01. The highest BCUT2D eigenvalue weighted by atomic mass is 32.2. The van der Waals surface area contributed by atoms with E-state index in [-0.39, 0.29) is 5.91 Å². The molecule has 1 aromatic carbocycles. The predicted molar refractivity (Wildman–Crippen MR) is 77.1 cm³/mol. The molecule has 94 valence electrons. The SMILES string of the molecule is Cc1ccccc1NC(=O)CSc1cnc(N)s1. The summed E-state index contributed by atoms with van der Waals surface area (Å²) in [7, 11) is 0. The van der Waals surface area contributed by atoms with Gasteiger partial charge in [-0.25, -0.2) is 4.98 Å². The minimum atomic E-state index is -0.0266. The van der Waals surface area contributed by atoms with E-state index in [4.69, 9.17) is 5.73 Å². The number of nitrogens with one attached hydrogen (secondary N) is 1. The molecule has 3 N–H and O–H groups in total. The van der Waals surface area contributed by atoms with Gasteiger partial charge in [0.25, 0.3) is 0 Å². The fourth-order valence-corrected chi connectivity index (χ4v) is 2.93. The molecule has 0 spiro atoms. The fourth-order valence-electron chi connectivity index (χ4n) is 1.37. The molecule has 0 saturated carbocycles. The molecule has 0 aliphatic carbocycles. The Morgan fingerprint density at radius 2 is 2.28 bits per heavy atom. The van der Waals surface area contributed by atoms with Gasteiger partial charge in [0, 0.05) is 5.69 Å². The van der Waals surface area contributed by atoms with Gasteiger partial charge < -0.3 is 11.1 Å². The number of amides is 1. The average Bonchev–Trinajstić information content (AvgIpc) is 2.76. The number of aromatic nitrogens is 1. The van der Waals surface area contributed by atoms with Crippen LogP contribution in [0.1, 0.15) is 5.56 Å². The molecular weight excluding hydrogens is 266 g/mol. The van der Waals surface area contributed by atoms with Gasteiger partial charge in [-0.3, -0.25) is 4.79 Å². The number of benzene rings is 1. The van der Waals surface area contributed by atoms with E-state index in [1.165, 1.54) is 23.1 Å². The smallest absolute Gasteiger partial charge is 0.234 e. The number of nitrogens with two attached hydrogens (primary N) is 1. The van der Waals surface area contributed by atoms with Crippen LogP contribution in [-0.4, -0.2) is 16.6 Å². The number of aryl methyl sites for hydroxylation is 1. The molecule has 1 heterocycles. The number of hydrogen-bond donors (Lipinski definition) is 2. The van der Waals surface area contributed by atoms with Crippen molar-refractivity contribution in [3.63, 3.8) is 0 Å². The molecule has 1 amide bonds. The summed E-state index contributed by atoms with van der Waals surface area (Å²) >= 11 is 2.83. The Hall–Kier alpha value is -1.53. The average molecular weight is 279 g/mol. The van der Waals surface area contributed by atoms with Crippen LogP contribution in [-0.2, 0) is 4.79 Å². The van der Waals surface area contributed by atoms with Gasteiger partial charge in [-0.1, -0.05) is 29.5 Å². The van der Waals surface area contributed by atoms with Crippen molar-refractivity contribution in [2.24, 2.45) is 0 Å². The van der Waals surface area contributed by atoms with Gasteiger partial charge in [-0.15, -0.1) is 11.8 Å². The first-order chi connectivity index (χ1) is 8.65. The molecule has 2 rings (SSSR count). The number of para-hydroxylation sites is 1. The summed E-state index contributed by atoms with van der Waals surface area (Å²) in [4.78, 5) is 15.7. The van der Waals surface area contributed by atoms with E-state index < -0.39 is 0 Å². The third-order valence-electron chi connectivity index (χ3n) is 2.27. The maximum Gasteiger partial charge on any atom is 0.234 e. The van der Waals surface area contributed by atoms with Gasteiger partial charge in [0.1, 0.15) is 0 Å². The molecule has 4 nitrogen and oxygen atoms in total. The van der Waals surface area contributed by atoms with Crippen LogP contribution in [0.4, 0.5) is 10.8 Å². The number of carbonyl (C=O) groups is 1. The van der Waals surface area contributed by atoms with Crippen LogP contribution in [0.2, 0.25) is 0 Å². The third-order valence-corrected chi connectivity index (χ3v) is 4.29. The van der Waals surface area contributed by atoms with Crippen molar-refractivity contribution in [1.29, 1.82) is 0 Å². The zero-order chi connectivity index (χ0) is 13.0. The van der Waals surface area contributed by atoms with Gasteiger partial charge in [-0.2, -0.15) is 0 Å². The lowest BCUT2D eigenvalue weighted by molar-refractivity contribution is -0.113. The summed E-state index contributed by atoms with van der Waals surface area (Å²) in [5.74, 6) is 0.331. The standard InChI is InChI=1S/C12H13N3OS2/c1-8-4-2-3-5-9(8)15-10(16)7-17-11-6-14-12(13)18-11/h2-6H,7H2,1H3,(H2,13,14)(H,15,16). The van der Waals surface area contributed by atoms with Gasteiger partial charge >= 0.3 is 0 Å². The predicted octanol–water partition coefficient (Wildman–Crippen LogP) is 2.76. The monoisotopic (exact) mass is 279 g/mol. The number of hydrogen-bond acceptors (Lipinski definition) is 5. The second kappa shape index (κ2) is 5.88. The van der Waals surface area contributed by atoms with Gasteiger partial charge in [-0.05, 0) is 18.6 Å². The summed E-state index contributed by atoms with van der Waals surface area (Å²) in [5.41, 5.74) is 7.43. The van der Waals surface area contributed by atoms with Crippen molar-refractivity contribution in [3.05, 3.63) is 36.0 Å². The summed E-state index contributed by atoms with van der Waals surface area (Å²) in [5, 5.41) is 3.41. The lowest BCUT2D eigenvalue weighted by Gasteiger charge is -2.07. The van der Waals surface area contributed by atoms with E-state index in [9.17, 15) is 4.79 Å². The Morgan fingerprint density at radius 1 is 1.50 bits per heavy atom. The molecular formula is C12H13N3OS2. The van der Waals surface area contributed by atoms with Gasteiger partial charge in [0.15, 0.2) is 5.13 Å². The van der Waals surface area contributed by atoms with Crippen molar-refractivity contribution in [1.82, 2.24) is 4.98 Å². The highest BCUT2D eigenvalue weighted by molar-refractivity contribution is 8.01. The Bertz CT molecular complexity index is 554. The Kier molecular flexibility index (Phi) is 4.22. The quantitative estimate of drug-likeness (QED) is 0.844. The van der Waals surface area contributed by atoms with Crippen molar-refractivity contribution < 1.29 is 4.79 Å². The van der Waals surface area contributed by atoms with Crippen LogP contribution in [0.15, 0.2) is 34.7 Å². The zero-order valence-corrected chi connectivity index (χ0v) is 11.5. The number of rotatable bonds is 4. The van der Waals surface area contributed by atoms with Crippen LogP contribution in [0.25, 0.3) is 0 Å². The highest BCUT2D eigenvalue weighted by Crippen LogP contribution is 2.26. The van der Waals surface area contributed by atoms with Crippen molar-refractivity contribution >= 4 is 39.8 Å². The van der Waals surface area contributed by atoms with E-state index in [1.54, 1.807) is 6.20 Å². The number of carbonyl (C=O) groups excluding carboxylic acids is 1. The lowest BCUT2D eigenvalue weighted by Crippen LogP contribution is -2.14. The van der Waals surface area contributed by atoms with Crippen molar-refractivity contribution in [3.8, 4) is 0 Å². The molecule has 6 heteroatoms. The van der Waals surface area contributed by atoms with Gasteiger partial charge in [0.2, 0.25) is 5.91 Å². The molecule has 18 heavy (non-hydrogen) atoms. The Morgan fingerprint density at radius 3 is 2.94 bits per heavy atom. The van der Waals surface area contributed by atoms with E-state index in [2.05, 4.69) is 10.3 Å². The first-order valence-corrected chi connectivity index (χ1v) is 7.15. The Balaban J connectivity index is 1.88. The van der Waals surface area contributed by atoms with Crippen LogP contribution in [0.5, 0.6) is 0 Å². The van der Waals surface area contributed by atoms with E-state index in [0.717, 1.165) is 15.5 Å². The van der Waals surface area contributed by atoms with Crippen molar-refractivity contribution in [2.75, 3.05) is 16.8 Å². The number of nitrogens with zero attached hydrogens (tertiary/aromatic N) is 1. The molecule has 0 aliphatic heterocycles. The van der Waals surface area contributed by atoms with Crippen LogP contribution in [0, 0.1) is 6.92 Å².